The molecule has 0 atom stereocenters. The van der Waals surface area contributed by atoms with E-state index in [0.29, 0.717) is 0 Å². The average molecular weight is 777 g/mol. The molecule has 228 valence electrons. The Kier molecular flexibility index (Phi) is 11.6. The Balaban J connectivity index is 0.000000269. The summed E-state index contributed by atoms with van der Waals surface area (Å²) in [5.41, 5.74) is 9.29. The number of aromatic nitrogens is 5. The van der Waals surface area contributed by atoms with Gasteiger partial charge in [-0.3, -0.25) is 9.67 Å². The molecule has 0 amide bonds. The summed E-state index contributed by atoms with van der Waals surface area (Å²) in [6, 6.07) is 46.9. The van der Waals surface area contributed by atoms with Crippen LogP contribution in [0, 0.1) is 18.2 Å². The first kappa shape index (κ1) is 32.5. The first-order chi connectivity index (χ1) is 22.2. The zero-order chi connectivity index (χ0) is 30.7. The number of nitrogens with zero attached hydrogens (tertiary/aromatic N) is 5. The van der Waals surface area contributed by atoms with E-state index in [2.05, 4.69) is 87.9 Å². The van der Waals surface area contributed by atoms with Crippen molar-refractivity contribution in [2.75, 3.05) is 0 Å². The number of benzene rings is 4. The summed E-state index contributed by atoms with van der Waals surface area (Å²) in [6.07, 6.45) is 13.4. The van der Waals surface area contributed by atoms with Gasteiger partial charge in [-0.2, -0.15) is 28.9 Å². The van der Waals surface area contributed by atoms with Crippen LogP contribution in [-0.2, 0) is 52.8 Å². The normalized spacial score (nSPS) is 10.5. The van der Waals surface area contributed by atoms with Crippen LogP contribution in [0.3, 0.4) is 0 Å². The van der Waals surface area contributed by atoms with Gasteiger partial charge in [0.05, 0.1) is 5.82 Å². The van der Waals surface area contributed by atoms with E-state index >= 15 is 0 Å². The van der Waals surface area contributed by atoms with E-state index in [1.54, 1.807) is 12.4 Å². The number of hydrogen-bond donors (Lipinski definition) is 0. The number of imidazole rings is 1. The first-order valence-electron chi connectivity index (χ1n) is 15.2. The van der Waals surface area contributed by atoms with Crippen LogP contribution in [0.2, 0.25) is 0 Å². The molecule has 3 heterocycles. The Morgan fingerprint density at radius 2 is 1.33 bits per heavy atom. The Labute approximate surface area is 285 Å². The molecule has 0 radical (unpaired) electrons. The third-order valence-corrected chi connectivity index (χ3v) is 7.59. The molecule has 0 fully saturated rings. The van der Waals surface area contributed by atoms with Gasteiger partial charge in [0.25, 0.3) is 0 Å². The van der Waals surface area contributed by atoms with Crippen molar-refractivity contribution in [3.63, 3.8) is 0 Å². The molecule has 6 heteroatoms. The molecular weight excluding hydrogens is 743 g/mol. The van der Waals surface area contributed by atoms with Crippen LogP contribution >= 0.6 is 0 Å². The van der Waals surface area contributed by atoms with Crippen molar-refractivity contribution >= 4 is 0 Å². The molecule has 0 unspecified atom stereocenters. The van der Waals surface area contributed by atoms with Crippen LogP contribution in [0.5, 0.6) is 0 Å². The molecule has 4 aromatic carbocycles. The summed E-state index contributed by atoms with van der Waals surface area (Å²) in [6.45, 7) is 0. The smallest absolute Gasteiger partial charge is 0.373 e. The van der Waals surface area contributed by atoms with Crippen LogP contribution in [0.1, 0.15) is 22.3 Å². The average Bonchev–Trinajstić information content (AvgIpc) is 3.81. The Morgan fingerprint density at radius 3 is 1.91 bits per heavy atom. The van der Waals surface area contributed by atoms with Crippen LogP contribution in [-0.4, -0.2) is 24.3 Å². The second-order valence-corrected chi connectivity index (χ2v) is 10.8. The molecule has 0 aliphatic heterocycles. The standard InChI is InChI=1S/C30H25N3.C10H9N2.Ir/c1-2-8-28(9-3-1)30-19-16-27(23-31-30)13-12-26-7-4-6-25(22-26)11-10-24-14-17-29(18-15-24)33-21-5-20-32-33;1-12-8-7-11-10(12)9-5-3-2-4-6-9;/h1-8,14-17,19-23H,10-13H2;2-5,7-8H,1H3;/q-2;-1;+3. The minimum Gasteiger partial charge on any atom is -0.373 e. The van der Waals surface area contributed by atoms with Gasteiger partial charge < -0.3 is 9.55 Å². The second kappa shape index (κ2) is 16.4. The molecule has 0 saturated heterocycles. The molecule has 5 nitrogen and oxygen atoms in total. The molecule has 0 aliphatic rings. The summed E-state index contributed by atoms with van der Waals surface area (Å²) < 4.78 is 3.81. The van der Waals surface area contributed by atoms with Crippen molar-refractivity contribution in [3.8, 4) is 28.3 Å². The van der Waals surface area contributed by atoms with Crippen LogP contribution in [0.4, 0.5) is 0 Å². The van der Waals surface area contributed by atoms with Gasteiger partial charge in [-0.25, -0.2) is 0 Å². The topological polar surface area (TPSA) is 48.5 Å². The van der Waals surface area contributed by atoms with Crippen molar-refractivity contribution in [2.24, 2.45) is 7.05 Å². The molecule has 7 rings (SSSR count). The van der Waals surface area contributed by atoms with Gasteiger partial charge in [-0.15, -0.1) is 77.9 Å². The van der Waals surface area contributed by atoms with Gasteiger partial charge >= 0.3 is 20.1 Å². The van der Waals surface area contributed by atoms with Gasteiger partial charge in [0.2, 0.25) is 0 Å². The maximum atomic E-state index is 4.62. The predicted octanol–water partition coefficient (Wildman–Crippen LogP) is 7.99. The predicted molar refractivity (Wildman–Crippen MR) is 180 cm³/mol. The number of hydrogen-bond acceptors (Lipinski definition) is 3. The third kappa shape index (κ3) is 8.85. The van der Waals surface area contributed by atoms with E-state index in [1.807, 2.05) is 89.5 Å². The summed E-state index contributed by atoms with van der Waals surface area (Å²) in [5.74, 6) is 0.954. The van der Waals surface area contributed by atoms with Gasteiger partial charge in [0, 0.05) is 38.0 Å². The van der Waals surface area contributed by atoms with Crippen molar-refractivity contribution in [3.05, 3.63) is 181 Å². The molecule has 0 saturated carbocycles. The van der Waals surface area contributed by atoms with Crippen LogP contribution < -0.4 is 0 Å². The molecule has 3 aromatic heterocycles. The van der Waals surface area contributed by atoms with Gasteiger partial charge in [0.15, 0.2) is 0 Å². The molecule has 0 bridgehead atoms. The molecule has 0 spiro atoms. The van der Waals surface area contributed by atoms with Gasteiger partial charge in [0.1, 0.15) is 0 Å². The van der Waals surface area contributed by atoms with Crippen LogP contribution in [0.15, 0.2) is 140 Å². The first-order valence-corrected chi connectivity index (χ1v) is 15.2. The number of aryl methyl sites for hydroxylation is 5. The quantitative estimate of drug-likeness (QED) is 0.140. The Morgan fingerprint density at radius 1 is 0.609 bits per heavy atom. The fourth-order valence-corrected chi connectivity index (χ4v) is 5.12. The van der Waals surface area contributed by atoms with E-state index in [4.69, 9.17) is 0 Å². The zero-order valence-electron chi connectivity index (χ0n) is 25.7. The number of rotatable bonds is 9. The minimum atomic E-state index is 0. The van der Waals surface area contributed by atoms with Crippen molar-refractivity contribution < 1.29 is 20.1 Å². The summed E-state index contributed by atoms with van der Waals surface area (Å²) in [7, 11) is 1.98. The molecular formula is C40H34IrN5. The van der Waals surface area contributed by atoms with E-state index < -0.39 is 0 Å². The van der Waals surface area contributed by atoms with Crippen molar-refractivity contribution in [2.45, 2.75) is 25.7 Å². The molecule has 0 N–H and O–H groups in total. The zero-order valence-corrected chi connectivity index (χ0v) is 28.1. The minimum absolute atomic E-state index is 0. The second-order valence-electron chi connectivity index (χ2n) is 10.8. The summed E-state index contributed by atoms with van der Waals surface area (Å²) >= 11 is 0. The SMILES string of the molecule is Cn1ccnc1-c1[c-]cccc1.[Ir+3].[c-]1ccccc1-c1ccc(CCc2cccc(CCc3c[c-]c(-n4cccn4)cc3)c2)cn1. The van der Waals surface area contributed by atoms with Crippen molar-refractivity contribution in [1.29, 1.82) is 0 Å². The maximum absolute atomic E-state index is 4.62. The molecule has 7 aromatic rings. The summed E-state index contributed by atoms with van der Waals surface area (Å²) in [4.78, 5) is 8.84. The van der Waals surface area contributed by atoms with E-state index in [0.717, 1.165) is 54.0 Å². The molecule has 0 aliphatic carbocycles. The van der Waals surface area contributed by atoms with E-state index in [1.165, 1.54) is 22.3 Å². The van der Waals surface area contributed by atoms with Gasteiger partial charge in [-0.05, 0) is 53.4 Å². The van der Waals surface area contributed by atoms with E-state index in [-0.39, 0.29) is 20.1 Å². The monoisotopic (exact) mass is 777 g/mol. The molecule has 46 heavy (non-hydrogen) atoms. The Hall–Kier alpha value is -4.90. The third-order valence-electron chi connectivity index (χ3n) is 7.59. The maximum Gasteiger partial charge on any atom is 3.00 e. The summed E-state index contributed by atoms with van der Waals surface area (Å²) in [5, 5.41) is 4.26. The van der Waals surface area contributed by atoms with E-state index in [9.17, 15) is 0 Å². The van der Waals surface area contributed by atoms with Crippen LogP contribution in [0.25, 0.3) is 28.3 Å². The fraction of sp³-hybridized carbons (Fsp3) is 0.125. The number of pyridine rings is 1. The largest absolute Gasteiger partial charge is 3.00 e. The Bertz CT molecular complexity index is 1880. The van der Waals surface area contributed by atoms with Crippen molar-refractivity contribution in [1.82, 2.24) is 24.3 Å². The fourth-order valence-electron chi connectivity index (χ4n) is 5.12. The van der Waals surface area contributed by atoms with Gasteiger partial charge in [-0.1, -0.05) is 42.8 Å².